The number of carbonyl (C=O) groups excluding carboxylic acids is 1. The molecule has 2 heterocycles. The molecule has 0 aliphatic carbocycles. The molecule has 1 aromatic heterocycles. The van der Waals surface area contributed by atoms with Gasteiger partial charge in [-0.1, -0.05) is 12.1 Å². The molecule has 0 saturated heterocycles. The van der Waals surface area contributed by atoms with Gasteiger partial charge in [-0.3, -0.25) is 9.78 Å². The fraction of sp³-hybridized carbons (Fsp3) is 0.200. The second-order valence-electron chi connectivity index (χ2n) is 4.59. The monoisotopic (exact) mass is 269 g/mol. The van der Waals surface area contributed by atoms with Gasteiger partial charge in [-0.05, 0) is 29.8 Å². The number of carbonyl (C=O) groups is 1. The molecule has 1 amide bonds. The first kappa shape index (κ1) is 12.6. The van der Waals surface area contributed by atoms with E-state index < -0.39 is 0 Å². The molecular formula is C15H15N3O2. The molecule has 1 aromatic carbocycles. The van der Waals surface area contributed by atoms with E-state index in [4.69, 9.17) is 4.74 Å². The Kier molecular flexibility index (Phi) is 3.60. The zero-order valence-corrected chi connectivity index (χ0v) is 10.9. The van der Waals surface area contributed by atoms with Crippen molar-refractivity contribution in [2.75, 3.05) is 11.9 Å². The van der Waals surface area contributed by atoms with Crippen LogP contribution >= 0.6 is 0 Å². The summed E-state index contributed by atoms with van der Waals surface area (Å²) in [5.41, 5.74) is 2.82. The summed E-state index contributed by atoms with van der Waals surface area (Å²) in [5, 5.41) is 6.12. The molecule has 0 saturated carbocycles. The summed E-state index contributed by atoms with van der Waals surface area (Å²) in [4.78, 5) is 15.5. The molecule has 1 aliphatic rings. The Morgan fingerprint density at radius 2 is 2.20 bits per heavy atom. The molecule has 0 bridgehead atoms. The minimum atomic E-state index is -0.115. The molecule has 0 spiro atoms. The normalized spacial score (nSPS) is 13.3. The van der Waals surface area contributed by atoms with Crippen LogP contribution in [0.2, 0.25) is 0 Å². The Bertz CT molecular complexity index is 614. The zero-order chi connectivity index (χ0) is 13.8. The van der Waals surface area contributed by atoms with Crippen LogP contribution in [0.5, 0.6) is 5.75 Å². The number of hydrogen-bond acceptors (Lipinski definition) is 4. The van der Waals surface area contributed by atoms with Gasteiger partial charge in [0.25, 0.3) is 5.91 Å². The summed E-state index contributed by atoms with van der Waals surface area (Å²) in [7, 11) is 0. The van der Waals surface area contributed by atoms with E-state index in [2.05, 4.69) is 15.6 Å². The molecule has 5 nitrogen and oxygen atoms in total. The maximum absolute atomic E-state index is 11.3. The first-order chi connectivity index (χ1) is 9.81. The number of pyridine rings is 1. The number of nitrogens with one attached hydrogen (secondary N) is 2. The van der Waals surface area contributed by atoms with Crippen LogP contribution < -0.4 is 15.4 Å². The molecule has 0 radical (unpaired) electrons. The lowest BCUT2D eigenvalue weighted by molar-refractivity contribution is -0.118. The Morgan fingerprint density at radius 3 is 3.05 bits per heavy atom. The predicted molar refractivity (Wildman–Crippen MR) is 75.3 cm³/mol. The number of ether oxygens (including phenoxy) is 1. The van der Waals surface area contributed by atoms with E-state index in [1.807, 2.05) is 36.4 Å². The lowest BCUT2D eigenvalue weighted by atomic mass is 10.1. The standard InChI is InChI=1S/C15H15N3O2/c19-15-10-20-14-5-4-11(7-13(14)18-15)8-16-9-12-3-1-2-6-17-12/h1-7,16H,8-10H2,(H,18,19). The summed E-state index contributed by atoms with van der Waals surface area (Å²) in [6.45, 7) is 1.50. The molecule has 0 atom stereocenters. The van der Waals surface area contributed by atoms with Crippen LogP contribution in [0.1, 0.15) is 11.3 Å². The van der Waals surface area contributed by atoms with Crippen LogP contribution in [0.15, 0.2) is 42.6 Å². The highest BCUT2D eigenvalue weighted by molar-refractivity contribution is 5.95. The maximum atomic E-state index is 11.3. The number of fused-ring (bicyclic) bond motifs is 1. The smallest absolute Gasteiger partial charge is 0.262 e. The fourth-order valence-corrected chi connectivity index (χ4v) is 2.08. The maximum Gasteiger partial charge on any atom is 0.262 e. The van der Waals surface area contributed by atoms with Crippen molar-refractivity contribution in [1.29, 1.82) is 0 Å². The van der Waals surface area contributed by atoms with Crippen molar-refractivity contribution in [3.8, 4) is 5.75 Å². The fourth-order valence-electron chi connectivity index (χ4n) is 2.08. The number of anilines is 1. The molecule has 2 aromatic rings. The van der Waals surface area contributed by atoms with Gasteiger partial charge in [-0.25, -0.2) is 0 Å². The topological polar surface area (TPSA) is 63.2 Å². The highest BCUT2D eigenvalue weighted by Crippen LogP contribution is 2.28. The lowest BCUT2D eigenvalue weighted by Gasteiger charge is -2.18. The Balaban J connectivity index is 1.61. The minimum Gasteiger partial charge on any atom is -0.482 e. The van der Waals surface area contributed by atoms with E-state index >= 15 is 0 Å². The number of aromatic nitrogens is 1. The first-order valence-corrected chi connectivity index (χ1v) is 6.47. The number of benzene rings is 1. The van der Waals surface area contributed by atoms with Crippen LogP contribution in [0, 0.1) is 0 Å². The van der Waals surface area contributed by atoms with E-state index in [9.17, 15) is 4.79 Å². The van der Waals surface area contributed by atoms with Crippen LogP contribution in [-0.4, -0.2) is 17.5 Å². The van der Waals surface area contributed by atoms with E-state index in [0.717, 1.165) is 22.7 Å². The van der Waals surface area contributed by atoms with Crippen molar-refractivity contribution >= 4 is 11.6 Å². The van der Waals surface area contributed by atoms with Gasteiger partial charge in [-0.2, -0.15) is 0 Å². The van der Waals surface area contributed by atoms with Crippen molar-refractivity contribution in [1.82, 2.24) is 10.3 Å². The third-order valence-corrected chi connectivity index (χ3v) is 3.04. The Morgan fingerprint density at radius 1 is 1.25 bits per heavy atom. The Labute approximate surface area is 117 Å². The molecule has 0 unspecified atom stereocenters. The number of hydrogen-bond donors (Lipinski definition) is 2. The molecule has 0 fully saturated rings. The summed E-state index contributed by atoms with van der Waals surface area (Å²) in [6, 6.07) is 11.6. The molecule has 1 aliphatic heterocycles. The average molecular weight is 269 g/mol. The van der Waals surface area contributed by atoms with Gasteiger partial charge in [-0.15, -0.1) is 0 Å². The first-order valence-electron chi connectivity index (χ1n) is 6.47. The van der Waals surface area contributed by atoms with Crippen molar-refractivity contribution in [3.05, 3.63) is 53.9 Å². The van der Waals surface area contributed by atoms with Gasteiger partial charge in [0.05, 0.1) is 11.4 Å². The summed E-state index contributed by atoms with van der Waals surface area (Å²) >= 11 is 0. The summed E-state index contributed by atoms with van der Waals surface area (Å²) in [5.74, 6) is 0.606. The van der Waals surface area contributed by atoms with E-state index in [1.54, 1.807) is 6.20 Å². The highest BCUT2D eigenvalue weighted by Gasteiger charge is 2.15. The SMILES string of the molecule is O=C1COc2ccc(CNCc3ccccn3)cc2N1. The average Bonchev–Trinajstić information content (AvgIpc) is 2.48. The van der Waals surface area contributed by atoms with Gasteiger partial charge < -0.3 is 15.4 Å². The number of rotatable bonds is 4. The van der Waals surface area contributed by atoms with Gasteiger partial charge >= 0.3 is 0 Å². The van der Waals surface area contributed by atoms with E-state index in [0.29, 0.717) is 13.1 Å². The summed E-state index contributed by atoms with van der Waals surface area (Å²) < 4.78 is 5.32. The quantitative estimate of drug-likeness (QED) is 0.887. The summed E-state index contributed by atoms with van der Waals surface area (Å²) in [6.07, 6.45) is 1.78. The number of amides is 1. The lowest BCUT2D eigenvalue weighted by Crippen LogP contribution is -2.25. The predicted octanol–water partition coefficient (Wildman–Crippen LogP) is 1.70. The van der Waals surface area contributed by atoms with Gasteiger partial charge in [0, 0.05) is 19.3 Å². The van der Waals surface area contributed by atoms with Crippen LogP contribution in [0.3, 0.4) is 0 Å². The van der Waals surface area contributed by atoms with E-state index in [-0.39, 0.29) is 12.5 Å². The Hall–Kier alpha value is -2.40. The number of nitrogens with zero attached hydrogens (tertiary/aromatic N) is 1. The van der Waals surface area contributed by atoms with Gasteiger partial charge in [0.15, 0.2) is 6.61 Å². The van der Waals surface area contributed by atoms with Gasteiger partial charge in [0.1, 0.15) is 5.75 Å². The van der Waals surface area contributed by atoms with Crippen molar-refractivity contribution in [2.24, 2.45) is 0 Å². The van der Waals surface area contributed by atoms with E-state index in [1.165, 1.54) is 0 Å². The van der Waals surface area contributed by atoms with Crippen LogP contribution in [0.4, 0.5) is 5.69 Å². The molecule has 2 N–H and O–H groups in total. The third kappa shape index (κ3) is 2.95. The highest BCUT2D eigenvalue weighted by atomic mass is 16.5. The largest absolute Gasteiger partial charge is 0.482 e. The zero-order valence-electron chi connectivity index (χ0n) is 10.9. The van der Waals surface area contributed by atoms with Crippen molar-refractivity contribution in [3.63, 3.8) is 0 Å². The van der Waals surface area contributed by atoms with Crippen molar-refractivity contribution < 1.29 is 9.53 Å². The molecule has 3 rings (SSSR count). The van der Waals surface area contributed by atoms with Crippen molar-refractivity contribution in [2.45, 2.75) is 13.1 Å². The minimum absolute atomic E-state index is 0.0876. The molecular weight excluding hydrogens is 254 g/mol. The third-order valence-electron chi connectivity index (χ3n) is 3.04. The van der Waals surface area contributed by atoms with Gasteiger partial charge in [0.2, 0.25) is 0 Å². The molecule has 5 heteroatoms. The molecule has 20 heavy (non-hydrogen) atoms. The molecule has 102 valence electrons. The second-order valence-corrected chi connectivity index (χ2v) is 4.59. The van der Waals surface area contributed by atoms with Crippen LogP contribution in [0.25, 0.3) is 0 Å². The second kappa shape index (κ2) is 5.71. The van der Waals surface area contributed by atoms with Crippen LogP contribution in [-0.2, 0) is 17.9 Å².